The molecule has 0 bridgehead atoms. The van der Waals surface area contributed by atoms with E-state index in [1.54, 1.807) is 47.8 Å². The number of carbonyl (C=O) groups is 8. The Morgan fingerprint density at radius 3 is 1.06 bits per heavy atom. The maximum atomic E-state index is 12.4. The third-order valence-corrected chi connectivity index (χ3v) is 22.8. The molecular weight excluding hydrogens is 1780 g/mol. The van der Waals surface area contributed by atoms with Gasteiger partial charge in [0.1, 0.15) is 17.1 Å². The second-order valence-corrected chi connectivity index (χ2v) is 58.0. The van der Waals surface area contributed by atoms with Gasteiger partial charge in [-0.2, -0.15) is 0 Å². The topological polar surface area (TPSA) is 249 Å². The van der Waals surface area contributed by atoms with Crippen LogP contribution in [0.1, 0.15) is 494 Å². The summed E-state index contributed by atoms with van der Waals surface area (Å²) in [5, 5.41) is 0. The van der Waals surface area contributed by atoms with Gasteiger partial charge in [0.05, 0.1) is 0 Å². The first-order chi connectivity index (χ1) is 64.1. The molecule has 8 heterocycles. The van der Waals surface area contributed by atoms with E-state index in [1.807, 2.05) is 256 Å². The molecule has 0 aromatic carbocycles. The van der Waals surface area contributed by atoms with Gasteiger partial charge in [-0.1, -0.05) is 338 Å². The number of hydrogen-bond donors (Lipinski definition) is 0. The van der Waals surface area contributed by atoms with E-state index >= 15 is 0 Å². The van der Waals surface area contributed by atoms with Crippen molar-refractivity contribution in [3.63, 3.8) is 0 Å². The Labute approximate surface area is 875 Å². The molecule has 0 aliphatic heterocycles. The largest absolute Gasteiger partial charge is 0.315 e. The number of aryl methyl sites for hydroxylation is 4. The summed E-state index contributed by atoms with van der Waals surface area (Å²) >= 11 is 0. The number of rotatable bonds is 16. The summed E-state index contributed by atoms with van der Waals surface area (Å²) in [5.74, 6) is 1.01. The number of pyridine rings is 8. The van der Waals surface area contributed by atoms with Crippen LogP contribution in [0.2, 0.25) is 0 Å². The van der Waals surface area contributed by atoms with Crippen LogP contribution in [0.3, 0.4) is 0 Å². The van der Waals surface area contributed by atoms with Crippen molar-refractivity contribution in [2.24, 2.45) is 86.6 Å². The summed E-state index contributed by atoms with van der Waals surface area (Å²) in [5.41, 5.74) is 19.3. The monoisotopic (exact) mass is 1980 g/mol. The molecule has 0 spiro atoms. The quantitative estimate of drug-likeness (QED) is 0.0816. The molecule has 8 rings (SSSR count). The van der Waals surface area contributed by atoms with Crippen LogP contribution in [0.5, 0.6) is 0 Å². The minimum atomic E-state index is -0.456. The molecule has 0 atom stereocenters. The minimum Gasteiger partial charge on any atom is -0.315 e. The second kappa shape index (κ2) is 50.8. The third-order valence-electron chi connectivity index (χ3n) is 22.8. The smallest absolute Gasteiger partial charge is 0.251 e. The molecule has 0 fully saturated rings. The predicted octanol–water partition coefficient (Wildman–Crippen LogP) is 32.6. The van der Waals surface area contributed by atoms with Crippen molar-refractivity contribution in [2.75, 3.05) is 0 Å². The molecule has 0 unspecified atom stereocenters. The zero-order valence-electron chi connectivity index (χ0n) is 101. The Morgan fingerprint density at radius 2 is 0.639 bits per heavy atom. The van der Waals surface area contributed by atoms with Gasteiger partial charge in [0.25, 0.3) is 5.56 Å². The van der Waals surface area contributed by atoms with Gasteiger partial charge < -0.3 is 4.57 Å². The van der Waals surface area contributed by atoms with Crippen LogP contribution in [0.15, 0.2) is 109 Å². The standard InChI is InChI=1S/7C16H25NO.C15H23NO2/c1-11-12(8-15(2,3)4)9-17-10-13(11)14(18)16(5,6)7;1-11-12(9-15(2,3)4)8-13(10-17-11)14(18)16(5,6)7;1-11-10-17-13(14(18)16(5,6)7)8-12(11)9-15(2,3)4;1-11-8-12(14(18)16(5,6)7)10-17-13(11)9-15(2,3)4;1-11-12(14(18)16(5,6)7)8-9-17-13(11)10-15(2,3)4;1-11-12(10-15(2,3)4)8-9-17-13(11)14(18)16(5,6)7;1-11-8-9-12(14(18)16(5,6)7)17-13(11)10-15(2,3)4;1-14(2,3)10-16-8-7-11(9-12(16)17)13(18)15(4,5)6/h9-10H,8H2,1-7H3;3*8,10H,9H2,1-7H3;3*8-9H,10H2,1-7H3;7-9H,10H2,1-6H3. The van der Waals surface area contributed by atoms with Crippen molar-refractivity contribution in [1.82, 2.24) is 39.5 Å². The van der Waals surface area contributed by atoms with E-state index in [-0.39, 0.29) is 133 Å². The van der Waals surface area contributed by atoms with Crippen LogP contribution in [0, 0.1) is 135 Å². The van der Waals surface area contributed by atoms with Gasteiger partial charge in [-0.05, 0) is 235 Å². The van der Waals surface area contributed by atoms with E-state index in [2.05, 4.69) is 215 Å². The molecule has 0 saturated carbocycles. The Bertz CT molecular complexity index is 5290. The first kappa shape index (κ1) is 132. The van der Waals surface area contributed by atoms with Crippen LogP contribution in [0.25, 0.3) is 0 Å². The molecule has 0 aliphatic rings. The van der Waals surface area contributed by atoms with E-state index in [0.717, 1.165) is 123 Å². The zero-order valence-corrected chi connectivity index (χ0v) is 101. The lowest BCUT2D eigenvalue weighted by Crippen LogP contribution is -2.28. The highest BCUT2D eigenvalue weighted by Gasteiger charge is 2.35. The molecule has 144 heavy (non-hydrogen) atoms. The van der Waals surface area contributed by atoms with Gasteiger partial charge in [-0.3, -0.25) is 73.1 Å². The van der Waals surface area contributed by atoms with Crippen LogP contribution >= 0.6 is 0 Å². The Hall–Kier alpha value is -9.64. The van der Waals surface area contributed by atoms with Crippen LogP contribution in [-0.4, -0.2) is 85.7 Å². The molecular formula is C127H198N8O9. The van der Waals surface area contributed by atoms with Gasteiger partial charge >= 0.3 is 0 Å². The van der Waals surface area contributed by atoms with Gasteiger partial charge in [0, 0.05) is 156 Å². The maximum absolute atomic E-state index is 12.4. The molecule has 17 heteroatoms. The number of hydrogen-bond acceptors (Lipinski definition) is 16. The van der Waals surface area contributed by atoms with E-state index in [0.29, 0.717) is 29.2 Å². The lowest BCUT2D eigenvalue weighted by Gasteiger charge is -2.22. The van der Waals surface area contributed by atoms with Crippen molar-refractivity contribution in [3.8, 4) is 0 Å². The van der Waals surface area contributed by atoms with Crippen molar-refractivity contribution < 1.29 is 38.4 Å². The molecule has 0 N–H and O–H groups in total. The Kier molecular flexibility index (Phi) is 46.7. The lowest BCUT2D eigenvalue weighted by molar-refractivity contribution is 0.0846. The number of nitrogens with zero attached hydrogens (tertiary/aromatic N) is 8. The maximum Gasteiger partial charge on any atom is 0.251 e. The summed E-state index contributed by atoms with van der Waals surface area (Å²) in [4.78, 5) is 141. The molecule has 0 amide bonds. The number of carbonyl (C=O) groups excluding carboxylic acids is 8. The van der Waals surface area contributed by atoms with Crippen LogP contribution in [-0.2, 0) is 51.5 Å². The molecule has 8 aromatic heterocycles. The molecule has 8 aromatic rings. The van der Waals surface area contributed by atoms with E-state index in [1.165, 1.54) is 28.3 Å². The third kappa shape index (κ3) is 48.3. The first-order valence-corrected chi connectivity index (χ1v) is 51.8. The fraction of sp³-hybridized carbons (Fsp3) is 0.622. The molecule has 0 saturated heterocycles. The SMILES string of the molecule is CC(C)(C)Cn1ccc(C(=O)C(C)(C)C)cc1=O.Cc1c(C(=O)C(C)(C)C)ccnc1CC(C)(C)C.Cc1c(CC(C)(C)C)ccnc1C(=O)C(C)(C)C.Cc1c(CC(C)(C)C)cncc1C(=O)C(C)(C)C.Cc1cc(C(=O)C(C)(C)C)cnc1CC(C)(C)C.Cc1ccc(C(=O)C(C)(C)C)nc1CC(C)(C)C.Cc1cnc(C(=O)C(C)(C)C)cc1CC(C)(C)C.Cc1ncc(C(=O)C(C)(C)C)cc1CC(C)(C)C. The van der Waals surface area contributed by atoms with Crippen LogP contribution < -0.4 is 5.56 Å². The van der Waals surface area contributed by atoms with E-state index in [4.69, 9.17) is 0 Å². The normalized spacial score (nSPS) is 12.6. The van der Waals surface area contributed by atoms with Gasteiger partial charge in [-0.25, -0.2) is 4.98 Å². The summed E-state index contributed by atoms with van der Waals surface area (Å²) in [6, 6.07) is 16.9. The summed E-state index contributed by atoms with van der Waals surface area (Å²) in [6.45, 7) is 114. The summed E-state index contributed by atoms with van der Waals surface area (Å²) in [6.07, 6.45) is 20.6. The fourth-order valence-electron chi connectivity index (χ4n) is 14.8. The van der Waals surface area contributed by atoms with Gasteiger partial charge in [-0.15, -0.1) is 0 Å². The average Bonchev–Trinajstić information content (AvgIpc) is 0.797. The van der Waals surface area contributed by atoms with Crippen molar-refractivity contribution in [1.29, 1.82) is 0 Å². The number of ketones is 8. The van der Waals surface area contributed by atoms with Crippen molar-refractivity contribution in [2.45, 2.75) is 432 Å². The Balaban J connectivity index is 0.000000823. The molecule has 17 nitrogen and oxygen atoms in total. The highest BCUT2D eigenvalue weighted by atomic mass is 16.2. The van der Waals surface area contributed by atoms with Crippen LogP contribution in [0.4, 0.5) is 0 Å². The average molecular weight is 1980 g/mol. The highest BCUT2D eigenvalue weighted by molar-refractivity contribution is 6.04. The summed E-state index contributed by atoms with van der Waals surface area (Å²) in [7, 11) is 0. The first-order valence-electron chi connectivity index (χ1n) is 51.8. The second-order valence-electron chi connectivity index (χ2n) is 58.0. The van der Waals surface area contributed by atoms with Crippen molar-refractivity contribution >= 4 is 46.3 Å². The number of Topliss-reactive ketones (excluding diaryl/α,β-unsaturated/α-hetero) is 8. The minimum absolute atomic E-state index is 0.00232. The summed E-state index contributed by atoms with van der Waals surface area (Å²) < 4.78 is 1.65. The molecule has 800 valence electrons. The molecule has 0 aliphatic carbocycles. The highest BCUT2D eigenvalue weighted by Crippen LogP contribution is 2.36. The zero-order chi connectivity index (χ0) is 113. The lowest BCUT2D eigenvalue weighted by atomic mass is 9.82. The van der Waals surface area contributed by atoms with Crippen molar-refractivity contribution in [3.05, 3.63) is 238 Å². The van der Waals surface area contributed by atoms with Gasteiger partial charge in [0.15, 0.2) is 46.3 Å². The predicted molar refractivity (Wildman–Crippen MR) is 605 cm³/mol. The van der Waals surface area contributed by atoms with E-state index in [9.17, 15) is 43.2 Å². The van der Waals surface area contributed by atoms with E-state index < -0.39 is 5.41 Å². The molecule has 0 radical (unpaired) electrons. The number of aromatic nitrogens is 8. The fourth-order valence-corrected chi connectivity index (χ4v) is 14.8. The Morgan fingerprint density at radius 1 is 0.257 bits per heavy atom. The van der Waals surface area contributed by atoms with Gasteiger partial charge in [0.2, 0.25) is 0 Å².